The van der Waals surface area contributed by atoms with E-state index >= 15 is 0 Å². The van der Waals surface area contributed by atoms with E-state index in [-0.39, 0.29) is 0 Å². The van der Waals surface area contributed by atoms with Crippen LogP contribution in [0, 0.1) is 6.92 Å². The molecule has 0 saturated heterocycles. The summed E-state index contributed by atoms with van der Waals surface area (Å²) in [5, 5.41) is 3.51. The zero-order chi connectivity index (χ0) is 11.1. The Kier molecular flexibility index (Phi) is 5.73. The summed E-state index contributed by atoms with van der Waals surface area (Å²) < 4.78 is 0. The van der Waals surface area contributed by atoms with Crippen LogP contribution in [0.25, 0.3) is 0 Å². The highest BCUT2D eigenvalue weighted by atomic mass is 32.2. The van der Waals surface area contributed by atoms with E-state index in [1.807, 2.05) is 24.2 Å². The molecule has 0 saturated carbocycles. The van der Waals surface area contributed by atoms with E-state index in [0.29, 0.717) is 6.04 Å². The van der Waals surface area contributed by atoms with Gasteiger partial charge in [-0.3, -0.25) is 4.98 Å². The van der Waals surface area contributed by atoms with Crippen molar-refractivity contribution in [1.82, 2.24) is 10.3 Å². The van der Waals surface area contributed by atoms with Crippen LogP contribution < -0.4 is 5.32 Å². The second-order valence-corrected chi connectivity index (χ2v) is 4.92. The van der Waals surface area contributed by atoms with E-state index in [2.05, 4.69) is 36.5 Å². The Bertz CT molecular complexity index is 289. The number of aromatic nitrogens is 1. The summed E-state index contributed by atoms with van der Waals surface area (Å²) in [5.74, 6) is 1.22. The third-order valence-corrected chi connectivity index (χ3v) is 2.99. The number of aryl methyl sites for hydroxylation is 1. The van der Waals surface area contributed by atoms with Gasteiger partial charge in [0.1, 0.15) is 0 Å². The summed E-state index contributed by atoms with van der Waals surface area (Å²) >= 11 is 1.90. The van der Waals surface area contributed by atoms with Crippen molar-refractivity contribution in [3.63, 3.8) is 0 Å². The van der Waals surface area contributed by atoms with Gasteiger partial charge in [0.2, 0.25) is 0 Å². The summed E-state index contributed by atoms with van der Waals surface area (Å²) in [6.07, 6.45) is 7.19. The SMILES string of the molecule is CSCCC(C)NCc1cncc(C)c1. The van der Waals surface area contributed by atoms with Gasteiger partial charge in [0, 0.05) is 25.0 Å². The Balaban J connectivity index is 2.30. The van der Waals surface area contributed by atoms with E-state index in [0.717, 1.165) is 6.54 Å². The summed E-state index contributed by atoms with van der Waals surface area (Å²) in [5.41, 5.74) is 2.50. The zero-order valence-electron chi connectivity index (χ0n) is 9.79. The van der Waals surface area contributed by atoms with Crippen LogP contribution in [-0.2, 0) is 6.54 Å². The third-order valence-electron chi connectivity index (χ3n) is 2.34. The van der Waals surface area contributed by atoms with Crippen LogP contribution in [0.5, 0.6) is 0 Å². The highest BCUT2D eigenvalue weighted by molar-refractivity contribution is 7.98. The standard InChI is InChI=1S/C12H20N2S/c1-10-6-12(8-13-7-10)9-14-11(2)4-5-15-3/h6-8,11,14H,4-5,9H2,1-3H3. The molecule has 1 heterocycles. The normalized spacial score (nSPS) is 12.7. The van der Waals surface area contributed by atoms with Crippen LogP contribution in [0.1, 0.15) is 24.5 Å². The Morgan fingerprint density at radius 2 is 2.27 bits per heavy atom. The quantitative estimate of drug-likeness (QED) is 0.804. The molecule has 0 aliphatic rings. The maximum Gasteiger partial charge on any atom is 0.0313 e. The molecule has 2 nitrogen and oxygen atoms in total. The molecule has 15 heavy (non-hydrogen) atoms. The highest BCUT2D eigenvalue weighted by Gasteiger charge is 2.01. The van der Waals surface area contributed by atoms with Crippen molar-refractivity contribution >= 4 is 11.8 Å². The first-order valence-electron chi connectivity index (χ1n) is 5.35. The summed E-state index contributed by atoms with van der Waals surface area (Å²) in [4.78, 5) is 4.18. The number of hydrogen-bond acceptors (Lipinski definition) is 3. The van der Waals surface area contributed by atoms with E-state index < -0.39 is 0 Å². The first-order chi connectivity index (χ1) is 7.22. The molecule has 1 N–H and O–H groups in total. The van der Waals surface area contributed by atoms with Crippen molar-refractivity contribution in [2.45, 2.75) is 32.9 Å². The second kappa shape index (κ2) is 6.85. The largest absolute Gasteiger partial charge is 0.310 e. The first kappa shape index (κ1) is 12.5. The molecule has 1 rings (SSSR count). The van der Waals surface area contributed by atoms with Crippen LogP contribution >= 0.6 is 11.8 Å². The molecule has 1 aromatic rings. The minimum atomic E-state index is 0.581. The van der Waals surface area contributed by atoms with Crippen molar-refractivity contribution < 1.29 is 0 Å². The van der Waals surface area contributed by atoms with Crippen LogP contribution in [0.4, 0.5) is 0 Å². The van der Waals surface area contributed by atoms with E-state index in [1.165, 1.54) is 23.3 Å². The van der Waals surface area contributed by atoms with Crippen molar-refractivity contribution in [3.05, 3.63) is 29.6 Å². The molecule has 0 aliphatic carbocycles. The Labute approximate surface area is 96.9 Å². The van der Waals surface area contributed by atoms with Crippen LogP contribution in [0.2, 0.25) is 0 Å². The minimum Gasteiger partial charge on any atom is -0.310 e. The molecule has 0 spiro atoms. The van der Waals surface area contributed by atoms with Gasteiger partial charge in [0.15, 0.2) is 0 Å². The molecule has 0 amide bonds. The van der Waals surface area contributed by atoms with Crippen molar-refractivity contribution in [2.24, 2.45) is 0 Å². The molecule has 1 atom stereocenters. The van der Waals surface area contributed by atoms with Crippen LogP contribution in [0.3, 0.4) is 0 Å². The predicted octanol–water partition coefficient (Wildman–Crippen LogP) is 2.62. The highest BCUT2D eigenvalue weighted by Crippen LogP contribution is 2.03. The van der Waals surface area contributed by atoms with Gasteiger partial charge >= 0.3 is 0 Å². The van der Waals surface area contributed by atoms with E-state index in [1.54, 1.807) is 0 Å². The topological polar surface area (TPSA) is 24.9 Å². The lowest BCUT2D eigenvalue weighted by atomic mass is 10.2. The maximum atomic E-state index is 4.18. The fourth-order valence-corrected chi connectivity index (χ4v) is 1.99. The van der Waals surface area contributed by atoms with Gasteiger partial charge in [-0.15, -0.1) is 0 Å². The van der Waals surface area contributed by atoms with E-state index in [4.69, 9.17) is 0 Å². The lowest BCUT2D eigenvalue weighted by Crippen LogP contribution is -2.26. The lowest BCUT2D eigenvalue weighted by molar-refractivity contribution is 0.537. The molecule has 0 aromatic carbocycles. The maximum absolute atomic E-state index is 4.18. The fraction of sp³-hybridized carbons (Fsp3) is 0.583. The van der Waals surface area contributed by atoms with Gasteiger partial charge < -0.3 is 5.32 Å². The number of thioether (sulfide) groups is 1. The van der Waals surface area contributed by atoms with Gasteiger partial charge in [-0.25, -0.2) is 0 Å². The summed E-state index contributed by atoms with van der Waals surface area (Å²) in [7, 11) is 0. The molecule has 84 valence electrons. The number of hydrogen-bond donors (Lipinski definition) is 1. The lowest BCUT2D eigenvalue weighted by Gasteiger charge is -2.12. The van der Waals surface area contributed by atoms with Gasteiger partial charge in [0.05, 0.1) is 0 Å². The van der Waals surface area contributed by atoms with Crippen molar-refractivity contribution in [2.75, 3.05) is 12.0 Å². The molecule has 0 radical (unpaired) electrons. The Hall–Kier alpha value is -0.540. The number of nitrogens with one attached hydrogen (secondary N) is 1. The van der Waals surface area contributed by atoms with Gasteiger partial charge in [-0.2, -0.15) is 11.8 Å². The summed E-state index contributed by atoms with van der Waals surface area (Å²) in [6.45, 7) is 5.23. The predicted molar refractivity (Wildman–Crippen MR) is 68.3 cm³/mol. The molecular formula is C12H20N2S. The second-order valence-electron chi connectivity index (χ2n) is 3.93. The summed E-state index contributed by atoms with van der Waals surface area (Å²) in [6, 6.07) is 2.76. The minimum absolute atomic E-state index is 0.581. The molecule has 1 unspecified atom stereocenters. The smallest absolute Gasteiger partial charge is 0.0313 e. The molecular weight excluding hydrogens is 204 g/mol. The zero-order valence-corrected chi connectivity index (χ0v) is 10.6. The Morgan fingerprint density at radius 3 is 2.93 bits per heavy atom. The number of pyridine rings is 1. The number of rotatable bonds is 6. The molecule has 1 aromatic heterocycles. The first-order valence-corrected chi connectivity index (χ1v) is 6.74. The molecule has 3 heteroatoms. The van der Waals surface area contributed by atoms with Gasteiger partial charge in [-0.1, -0.05) is 6.07 Å². The monoisotopic (exact) mass is 224 g/mol. The van der Waals surface area contributed by atoms with Gasteiger partial charge in [0.25, 0.3) is 0 Å². The van der Waals surface area contributed by atoms with E-state index in [9.17, 15) is 0 Å². The van der Waals surface area contributed by atoms with Crippen LogP contribution in [-0.4, -0.2) is 23.0 Å². The molecule has 0 aliphatic heterocycles. The Morgan fingerprint density at radius 1 is 1.47 bits per heavy atom. The van der Waals surface area contributed by atoms with Crippen molar-refractivity contribution in [3.8, 4) is 0 Å². The van der Waals surface area contributed by atoms with Gasteiger partial charge in [-0.05, 0) is 43.4 Å². The fourth-order valence-electron chi connectivity index (χ4n) is 1.40. The number of nitrogens with zero attached hydrogens (tertiary/aromatic N) is 1. The molecule has 0 bridgehead atoms. The average Bonchev–Trinajstić information content (AvgIpc) is 2.23. The van der Waals surface area contributed by atoms with Crippen molar-refractivity contribution in [1.29, 1.82) is 0 Å². The third kappa shape index (κ3) is 5.19. The van der Waals surface area contributed by atoms with Crippen LogP contribution in [0.15, 0.2) is 18.5 Å². The molecule has 0 fully saturated rings. The average molecular weight is 224 g/mol.